The largest absolute Gasteiger partial charge is 0.383 e. The standard InChI is InChI=1S/C5H9NO2/c1-6-3-2-4(7)5(6)8/h4,7H,2-3H2,1H3/i1D3. The quantitative estimate of drug-likeness (QED) is 0.453. The maximum atomic E-state index is 10.9. The fourth-order valence-electron chi connectivity index (χ4n) is 0.665. The number of rotatable bonds is 0. The molecule has 0 radical (unpaired) electrons. The molecule has 1 amide bonds. The number of likely N-dealkylation sites (tertiary alicyclic amines) is 1. The molecule has 0 aromatic carbocycles. The van der Waals surface area contributed by atoms with E-state index < -0.39 is 19.0 Å². The van der Waals surface area contributed by atoms with E-state index in [9.17, 15) is 4.79 Å². The van der Waals surface area contributed by atoms with Crippen molar-refractivity contribution < 1.29 is 14.0 Å². The molecular weight excluding hydrogens is 106 g/mol. The van der Waals surface area contributed by atoms with Gasteiger partial charge < -0.3 is 10.0 Å². The minimum Gasteiger partial charge on any atom is -0.383 e. The normalized spacial score (nSPS) is 36.6. The van der Waals surface area contributed by atoms with Crippen molar-refractivity contribution in [2.75, 3.05) is 13.5 Å². The number of aliphatic hydroxyl groups excluding tert-OH is 1. The summed E-state index contributed by atoms with van der Waals surface area (Å²) in [6.45, 7) is -2.27. The lowest BCUT2D eigenvalue weighted by Gasteiger charge is -2.04. The van der Waals surface area contributed by atoms with Crippen molar-refractivity contribution in [1.82, 2.24) is 4.90 Å². The molecule has 3 nitrogen and oxygen atoms in total. The Kier molecular flexibility index (Phi) is 0.615. The van der Waals surface area contributed by atoms with Gasteiger partial charge in [0, 0.05) is 17.6 Å². The molecule has 1 aliphatic rings. The smallest absolute Gasteiger partial charge is 0.251 e. The Morgan fingerprint density at radius 3 is 3.12 bits per heavy atom. The topological polar surface area (TPSA) is 40.5 Å². The first-order valence-electron chi connectivity index (χ1n) is 3.92. The van der Waals surface area contributed by atoms with Gasteiger partial charge in [-0.3, -0.25) is 4.79 Å². The van der Waals surface area contributed by atoms with Gasteiger partial charge in [-0.1, -0.05) is 0 Å². The van der Waals surface area contributed by atoms with E-state index in [1.165, 1.54) is 0 Å². The lowest BCUT2D eigenvalue weighted by atomic mass is 10.3. The molecule has 0 spiro atoms. The Bertz CT molecular complexity index is 179. The molecule has 1 saturated heterocycles. The van der Waals surface area contributed by atoms with E-state index >= 15 is 0 Å². The zero-order valence-electron chi connectivity index (χ0n) is 7.29. The fraction of sp³-hybridized carbons (Fsp3) is 0.800. The minimum atomic E-state index is -2.39. The van der Waals surface area contributed by atoms with E-state index in [4.69, 9.17) is 9.22 Å². The lowest BCUT2D eigenvalue weighted by molar-refractivity contribution is -0.133. The third kappa shape index (κ3) is 0.690. The summed E-state index contributed by atoms with van der Waals surface area (Å²) in [5, 5.41) is 8.89. The highest BCUT2D eigenvalue weighted by Gasteiger charge is 2.25. The summed E-state index contributed by atoms with van der Waals surface area (Å²) in [4.78, 5) is 11.6. The summed E-state index contributed by atoms with van der Waals surface area (Å²) >= 11 is 0. The van der Waals surface area contributed by atoms with Gasteiger partial charge in [0.2, 0.25) is 0 Å². The molecule has 8 heavy (non-hydrogen) atoms. The number of aliphatic hydroxyl groups is 1. The summed E-state index contributed by atoms with van der Waals surface area (Å²) in [6, 6.07) is 0. The maximum Gasteiger partial charge on any atom is 0.251 e. The molecular formula is C5H9NO2. The average molecular weight is 118 g/mol. The van der Waals surface area contributed by atoms with Crippen LogP contribution in [0.3, 0.4) is 0 Å². The van der Waals surface area contributed by atoms with Crippen LogP contribution in [0.5, 0.6) is 0 Å². The van der Waals surface area contributed by atoms with Crippen LogP contribution in [0.4, 0.5) is 0 Å². The van der Waals surface area contributed by atoms with Gasteiger partial charge in [-0.05, 0) is 6.42 Å². The summed E-state index contributed by atoms with van der Waals surface area (Å²) in [7, 11) is 0. The molecule has 1 fully saturated rings. The molecule has 0 bridgehead atoms. The Morgan fingerprint density at radius 2 is 2.88 bits per heavy atom. The third-order valence-electron chi connectivity index (χ3n) is 1.18. The van der Waals surface area contributed by atoms with Gasteiger partial charge in [0.15, 0.2) is 0 Å². The van der Waals surface area contributed by atoms with Crippen LogP contribution in [0.2, 0.25) is 0 Å². The van der Waals surface area contributed by atoms with Gasteiger partial charge in [0.25, 0.3) is 5.91 Å². The first kappa shape index (κ1) is 2.82. The van der Waals surface area contributed by atoms with E-state index in [2.05, 4.69) is 0 Å². The van der Waals surface area contributed by atoms with Crippen LogP contribution < -0.4 is 0 Å². The third-order valence-corrected chi connectivity index (χ3v) is 1.18. The van der Waals surface area contributed by atoms with Crippen LogP contribution in [0.25, 0.3) is 0 Å². The van der Waals surface area contributed by atoms with Crippen molar-refractivity contribution in [1.29, 1.82) is 0 Å². The number of carbonyl (C=O) groups excluding carboxylic acids is 1. The van der Waals surface area contributed by atoms with E-state index in [-0.39, 0.29) is 13.0 Å². The van der Waals surface area contributed by atoms with Gasteiger partial charge in [0.05, 0.1) is 0 Å². The second-order valence-corrected chi connectivity index (χ2v) is 1.79. The Morgan fingerprint density at radius 1 is 2.12 bits per heavy atom. The molecule has 0 aromatic rings. The second-order valence-electron chi connectivity index (χ2n) is 1.79. The number of hydrogen-bond donors (Lipinski definition) is 1. The van der Waals surface area contributed by atoms with Gasteiger partial charge in [-0.2, -0.15) is 0 Å². The first-order chi connectivity index (χ1) is 4.93. The molecule has 0 aromatic heterocycles. The molecule has 1 N–H and O–H groups in total. The van der Waals surface area contributed by atoms with Crippen molar-refractivity contribution in [2.24, 2.45) is 0 Å². The van der Waals surface area contributed by atoms with Gasteiger partial charge in [-0.25, -0.2) is 0 Å². The summed E-state index contributed by atoms with van der Waals surface area (Å²) in [5.74, 6) is -0.690. The van der Waals surface area contributed by atoms with Crippen molar-refractivity contribution in [2.45, 2.75) is 12.5 Å². The van der Waals surface area contributed by atoms with Gasteiger partial charge >= 0.3 is 0 Å². The van der Waals surface area contributed by atoms with Crippen LogP contribution in [-0.2, 0) is 4.79 Å². The Hall–Kier alpha value is -0.570. The molecule has 1 aliphatic heterocycles. The van der Waals surface area contributed by atoms with Crippen molar-refractivity contribution in [3.8, 4) is 0 Å². The second kappa shape index (κ2) is 1.74. The highest BCUT2D eigenvalue weighted by molar-refractivity contribution is 5.82. The molecule has 3 heteroatoms. The molecule has 0 saturated carbocycles. The van der Waals surface area contributed by atoms with Crippen molar-refractivity contribution in [3.63, 3.8) is 0 Å². The monoisotopic (exact) mass is 118 g/mol. The zero-order chi connectivity index (χ0) is 8.65. The molecule has 1 unspecified atom stereocenters. The predicted molar refractivity (Wildman–Crippen MR) is 28.3 cm³/mol. The van der Waals surface area contributed by atoms with Crippen molar-refractivity contribution in [3.05, 3.63) is 0 Å². The number of likely N-dealkylation sites (N-methyl/N-ethyl adjacent to an activating group) is 1. The number of carbonyl (C=O) groups is 1. The number of hydrogen-bond acceptors (Lipinski definition) is 2. The fourth-order valence-corrected chi connectivity index (χ4v) is 0.665. The van der Waals surface area contributed by atoms with Crippen LogP contribution in [0.15, 0.2) is 0 Å². The SMILES string of the molecule is [2H]C([2H])([2H])N1CCC(O)C1=O. The van der Waals surface area contributed by atoms with Crippen LogP contribution in [0, 0.1) is 0 Å². The van der Waals surface area contributed by atoms with Gasteiger partial charge in [0.1, 0.15) is 6.10 Å². The number of nitrogens with zero attached hydrogens (tertiary/aromatic N) is 1. The summed E-state index contributed by atoms with van der Waals surface area (Å²) < 4.78 is 20.6. The molecule has 46 valence electrons. The lowest BCUT2D eigenvalue weighted by Crippen LogP contribution is -2.24. The van der Waals surface area contributed by atoms with E-state index in [0.717, 1.165) is 4.90 Å². The van der Waals surface area contributed by atoms with Crippen molar-refractivity contribution >= 4 is 5.91 Å². The highest BCUT2D eigenvalue weighted by Crippen LogP contribution is 2.06. The summed E-state index contributed by atoms with van der Waals surface area (Å²) in [6.07, 6.45) is -0.896. The molecule has 1 atom stereocenters. The van der Waals surface area contributed by atoms with Crippen LogP contribution in [-0.4, -0.2) is 35.5 Å². The zero-order valence-corrected chi connectivity index (χ0v) is 4.29. The van der Waals surface area contributed by atoms with E-state index in [1.54, 1.807) is 0 Å². The van der Waals surface area contributed by atoms with Crippen LogP contribution >= 0.6 is 0 Å². The van der Waals surface area contributed by atoms with E-state index in [1.807, 2.05) is 0 Å². The average Bonchev–Trinajstić information content (AvgIpc) is 2.11. The van der Waals surface area contributed by atoms with Gasteiger partial charge in [-0.15, -0.1) is 0 Å². The first-order valence-corrected chi connectivity index (χ1v) is 2.42. The maximum absolute atomic E-state index is 10.9. The Balaban J connectivity index is 2.70. The Labute approximate surface area is 52.1 Å². The predicted octanol–water partition coefficient (Wildman–Crippen LogP) is -0.791. The minimum absolute atomic E-state index is 0.122. The molecule has 0 aliphatic carbocycles. The van der Waals surface area contributed by atoms with E-state index in [0.29, 0.717) is 0 Å². The number of amides is 1. The highest BCUT2D eigenvalue weighted by atomic mass is 16.3. The molecule has 1 heterocycles. The van der Waals surface area contributed by atoms with Crippen LogP contribution in [0.1, 0.15) is 10.5 Å². The summed E-state index contributed by atoms with van der Waals surface area (Å²) in [5.41, 5.74) is 0. The molecule has 1 rings (SSSR count).